The van der Waals surface area contributed by atoms with Gasteiger partial charge >= 0.3 is 0 Å². The fraction of sp³-hybridized carbons (Fsp3) is 0.579. The molecule has 1 aromatic carbocycles. The molecular formula is C19H30OSi. The fourth-order valence-corrected chi connectivity index (χ4v) is 2.61. The lowest BCUT2D eigenvalue weighted by Crippen LogP contribution is -2.11. The quantitative estimate of drug-likeness (QED) is 0.468. The second-order valence-electron chi connectivity index (χ2n) is 7.30. The highest BCUT2D eigenvalue weighted by Crippen LogP contribution is 2.35. The lowest BCUT2D eigenvalue weighted by molar-refractivity contribution is 0.517. The third kappa shape index (κ3) is 6.51. The molecule has 1 aliphatic carbocycles. The van der Waals surface area contributed by atoms with Gasteiger partial charge in [-0.1, -0.05) is 57.2 Å². The molecule has 0 saturated heterocycles. The summed E-state index contributed by atoms with van der Waals surface area (Å²) in [7, 11) is -1.13. The van der Waals surface area contributed by atoms with E-state index in [9.17, 15) is 4.46 Å². The Balaban J connectivity index is 0.000000491. The van der Waals surface area contributed by atoms with Gasteiger partial charge in [-0.2, -0.15) is 0 Å². The Morgan fingerprint density at radius 2 is 1.48 bits per heavy atom. The number of hydrogen-bond acceptors (Lipinski definition) is 1. The molecule has 0 N–H and O–H groups in total. The molecule has 0 heterocycles. The molecule has 0 atom stereocenters. The van der Waals surface area contributed by atoms with Crippen molar-refractivity contribution in [1.29, 1.82) is 0 Å². The van der Waals surface area contributed by atoms with E-state index in [4.69, 9.17) is 0 Å². The minimum absolute atomic E-state index is 0.263. The van der Waals surface area contributed by atoms with Gasteiger partial charge in [0.25, 0.3) is 8.68 Å². The van der Waals surface area contributed by atoms with Gasteiger partial charge in [0.05, 0.1) is 0 Å². The van der Waals surface area contributed by atoms with Gasteiger partial charge in [0.1, 0.15) is 0 Å². The van der Waals surface area contributed by atoms with Crippen LogP contribution in [0.1, 0.15) is 63.5 Å². The molecule has 0 bridgehead atoms. The van der Waals surface area contributed by atoms with Gasteiger partial charge in [0.15, 0.2) is 0 Å². The minimum atomic E-state index is -1.13. The number of allylic oxidation sites excluding steroid dienone is 1. The average Bonchev–Trinajstić information content (AvgIpc) is 2.38. The first kappa shape index (κ1) is 18.0. The minimum Gasteiger partial charge on any atom is -0.389 e. The predicted molar refractivity (Wildman–Crippen MR) is 93.7 cm³/mol. The van der Waals surface area contributed by atoms with Crippen molar-refractivity contribution in [1.82, 2.24) is 0 Å². The normalized spacial score (nSPS) is 16.1. The first-order chi connectivity index (χ1) is 9.70. The van der Waals surface area contributed by atoms with Gasteiger partial charge in [-0.25, -0.2) is 0 Å². The molecule has 0 aromatic heterocycles. The average molecular weight is 303 g/mol. The van der Waals surface area contributed by atoms with Crippen LogP contribution in [0.2, 0.25) is 13.1 Å². The predicted octanol–water partition coefficient (Wildman–Crippen LogP) is 5.87. The summed E-state index contributed by atoms with van der Waals surface area (Å²) in [6.07, 6.45) is 5.00. The van der Waals surface area contributed by atoms with Crippen molar-refractivity contribution in [3.63, 3.8) is 0 Å². The molecule has 1 saturated carbocycles. The van der Waals surface area contributed by atoms with E-state index >= 15 is 0 Å². The Kier molecular flexibility index (Phi) is 6.73. The van der Waals surface area contributed by atoms with Crippen LogP contribution in [-0.2, 0) is 9.88 Å². The maximum absolute atomic E-state index is 9.63. The van der Waals surface area contributed by atoms with E-state index in [0.717, 1.165) is 5.92 Å². The Bertz CT molecular complexity index is 465. The van der Waals surface area contributed by atoms with Gasteiger partial charge in [0, 0.05) is 0 Å². The Morgan fingerprint density at radius 1 is 1.05 bits per heavy atom. The van der Waals surface area contributed by atoms with Crippen LogP contribution >= 0.6 is 0 Å². The van der Waals surface area contributed by atoms with E-state index < -0.39 is 8.68 Å². The van der Waals surface area contributed by atoms with E-state index in [2.05, 4.69) is 51.6 Å². The Morgan fingerprint density at radius 3 is 1.86 bits per heavy atom. The van der Waals surface area contributed by atoms with Gasteiger partial charge < -0.3 is 4.46 Å². The summed E-state index contributed by atoms with van der Waals surface area (Å²) in [6.45, 7) is 14.3. The topological polar surface area (TPSA) is 17.1 Å². The highest BCUT2D eigenvalue weighted by Gasteiger charge is 2.18. The van der Waals surface area contributed by atoms with Crippen LogP contribution in [0.5, 0.6) is 0 Å². The maximum atomic E-state index is 9.63. The largest absolute Gasteiger partial charge is 0.389 e. The fourth-order valence-electron chi connectivity index (χ4n) is 2.61. The molecule has 0 amide bonds. The summed E-state index contributed by atoms with van der Waals surface area (Å²) < 4.78 is 9.63. The number of hydrogen-bond donors (Lipinski definition) is 0. The van der Waals surface area contributed by atoms with Gasteiger partial charge in [-0.3, -0.25) is 0 Å². The molecule has 0 unspecified atom stereocenters. The first-order valence-electron chi connectivity index (χ1n) is 7.94. The van der Waals surface area contributed by atoms with Crippen LogP contribution in [0.3, 0.4) is 0 Å². The first-order valence-corrected chi connectivity index (χ1v) is 10.3. The Hall–Kier alpha value is -1.02. The lowest BCUT2D eigenvalue weighted by atomic mass is 9.80. The SMILES string of the molecule is C=C1CCC(c2ccc(C(C)(C)C)cc2)CC1.C[Si](C)=O. The highest BCUT2D eigenvalue weighted by molar-refractivity contribution is 6.38. The second-order valence-corrected chi connectivity index (χ2v) is 9.12. The third-order valence-corrected chi connectivity index (χ3v) is 3.94. The number of rotatable bonds is 1. The molecule has 1 aliphatic rings. The summed E-state index contributed by atoms with van der Waals surface area (Å²) in [4.78, 5) is 0. The van der Waals surface area contributed by atoms with Crippen LogP contribution in [0.15, 0.2) is 36.4 Å². The zero-order valence-electron chi connectivity index (χ0n) is 14.3. The molecule has 21 heavy (non-hydrogen) atoms. The van der Waals surface area contributed by atoms with Crippen molar-refractivity contribution in [2.45, 2.75) is 70.9 Å². The van der Waals surface area contributed by atoms with Gasteiger partial charge in [-0.15, -0.1) is 0 Å². The van der Waals surface area contributed by atoms with E-state index in [-0.39, 0.29) is 5.41 Å². The zero-order chi connectivity index (χ0) is 16.0. The molecule has 1 aromatic rings. The molecule has 0 aliphatic heterocycles. The highest BCUT2D eigenvalue weighted by atomic mass is 28.2. The summed E-state index contributed by atoms with van der Waals surface area (Å²) in [6, 6.07) is 9.27. The summed E-state index contributed by atoms with van der Waals surface area (Å²) in [5.41, 5.74) is 4.65. The van der Waals surface area contributed by atoms with Crippen molar-refractivity contribution in [2.24, 2.45) is 0 Å². The van der Waals surface area contributed by atoms with Crippen LogP contribution in [-0.4, -0.2) is 8.68 Å². The van der Waals surface area contributed by atoms with Crippen molar-refractivity contribution in [2.75, 3.05) is 0 Å². The molecule has 1 nitrogen and oxygen atoms in total. The summed E-state index contributed by atoms with van der Waals surface area (Å²) in [5, 5.41) is 0. The summed E-state index contributed by atoms with van der Waals surface area (Å²) >= 11 is 0. The van der Waals surface area contributed by atoms with Crippen LogP contribution < -0.4 is 0 Å². The van der Waals surface area contributed by atoms with Crippen molar-refractivity contribution < 1.29 is 4.46 Å². The third-order valence-electron chi connectivity index (χ3n) is 3.94. The number of benzene rings is 1. The maximum Gasteiger partial charge on any atom is 0.270 e. The molecule has 1 fully saturated rings. The molecular weight excluding hydrogens is 272 g/mol. The van der Waals surface area contributed by atoms with Crippen LogP contribution in [0.4, 0.5) is 0 Å². The lowest BCUT2D eigenvalue weighted by Gasteiger charge is -2.25. The molecule has 0 radical (unpaired) electrons. The molecule has 116 valence electrons. The van der Waals surface area contributed by atoms with Crippen LogP contribution in [0, 0.1) is 0 Å². The second kappa shape index (κ2) is 7.84. The van der Waals surface area contributed by atoms with Crippen molar-refractivity contribution in [3.8, 4) is 0 Å². The van der Waals surface area contributed by atoms with E-state index in [0.29, 0.717) is 0 Å². The van der Waals surface area contributed by atoms with E-state index in [1.807, 2.05) is 0 Å². The standard InChI is InChI=1S/C17H24.C2H6OSi/c1-13-5-7-14(8-6-13)15-9-11-16(12-10-15)17(2,3)4;1-4(2)3/h9-12,14H,1,5-8H2,2-4H3;1-2H3. The zero-order valence-corrected chi connectivity index (χ0v) is 15.3. The monoisotopic (exact) mass is 302 g/mol. The van der Waals surface area contributed by atoms with E-state index in [1.165, 1.54) is 42.4 Å². The molecule has 2 heteroatoms. The van der Waals surface area contributed by atoms with Gasteiger partial charge in [-0.05, 0) is 61.2 Å². The Labute approximate surface area is 132 Å². The molecule has 2 rings (SSSR count). The van der Waals surface area contributed by atoms with Crippen LogP contribution in [0.25, 0.3) is 0 Å². The molecule has 0 spiro atoms. The summed E-state index contributed by atoms with van der Waals surface area (Å²) in [5.74, 6) is 0.759. The smallest absolute Gasteiger partial charge is 0.270 e. The van der Waals surface area contributed by atoms with E-state index in [1.54, 1.807) is 13.1 Å². The van der Waals surface area contributed by atoms with Crippen molar-refractivity contribution in [3.05, 3.63) is 47.5 Å². The van der Waals surface area contributed by atoms with Gasteiger partial charge in [0.2, 0.25) is 0 Å². The van der Waals surface area contributed by atoms with Crippen molar-refractivity contribution >= 4 is 8.68 Å².